The third kappa shape index (κ3) is 5.42. The lowest BCUT2D eigenvalue weighted by Gasteiger charge is -2.16. The highest BCUT2D eigenvalue weighted by molar-refractivity contribution is 5.95. The highest BCUT2D eigenvalue weighted by atomic mass is 16.4. The van der Waals surface area contributed by atoms with Gasteiger partial charge in [-0.05, 0) is 48.1 Å². The Kier molecular flexibility index (Phi) is 6.15. The quantitative estimate of drug-likeness (QED) is 0.791. The van der Waals surface area contributed by atoms with Gasteiger partial charge in [0.15, 0.2) is 0 Å². The number of carboxylic acids is 1. The summed E-state index contributed by atoms with van der Waals surface area (Å²) in [5.74, 6) is -0.137. The largest absolute Gasteiger partial charge is 0.478 e. The molecule has 0 aromatic heterocycles. The Balaban J connectivity index is 2.74. The molecule has 1 unspecified atom stereocenters. The maximum absolute atomic E-state index is 12.1. The normalized spacial score (nSPS) is 12.6. The molecule has 0 aliphatic heterocycles. The fourth-order valence-corrected chi connectivity index (χ4v) is 1.76. The summed E-state index contributed by atoms with van der Waals surface area (Å²) in [6.07, 6.45) is 2.62. The van der Waals surface area contributed by atoms with Crippen molar-refractivity contribution >= 4 is 18.0 Å². The molecule has 0 spiro atoms. The van der Waals surface area contributed by atoms with Crippen LogP contribution in [0.4, 0.5) is 0 Å². The van der Waals surface area contributed by atoms with Crippen LogP contribution in [0.5, 0.6) is 0 Å². The van der Waals surface area contributed by atoms with E-state index >= 15 is 0 Å². The van der Waals surface area contributed by atoms with Crippen molar-refractivity contribution < 1.29 is 14.7 Å². The highest BCUT2D eigenvalue weighted by Crippen LogP contribution is 2.13. The molecule has 0 aliphatic rings. The predicted molar refractivity (Wildman–Crippen MR) is 84.2 cm³/mol. The number of carboxylic acid groups (broad SMARTS) is 1. The van der Waals surface area contributed by atoms with Crippen LogP contribution in [0, 0.1) is 18.8 Å². The van der Waals surface area contributed by atoms with Gasteiger partial charge in [-0.15, -0.1) is 0 Å². The molecule has 1 aromatic carbocycles. The van der Waals surface area contributed by atoms with E-state index in [-0.39, 0.29) is 5.91 Å². The van der Waals surface area contributed by atoms with Crippen LogP contribution < -0.4 is 5.32 Å². The van der Waals surface area contributed by atoms with E-state index in [4.69, 9.17) is 5.11 Å². The van der Waals surface area contributed by atoms with Crippen LogP contribution in [-0.4, -0.2) is 23.5 Å². The molecule has 1 aromatic rings. The lowest BCUT2D eigenvalue weighted by Crippen LogP contribution is -2.30. The fraction of sp³-hybridized carbons (Fsp3) is 0.412. The Morgan fingerprint density at radius 3 is 2.48 bits per heavy atom. The number of carbonyl (C=O) groups excluding carboxylic acids is 1. The van der Waals surface area contributed by atoms with Crippen LogP contribution in [0.2, 0.25) is 0 Å². The number of aliphatic carboxylic acids is 1. The molecule has 4 heteroatoms. The van der Waals surface area contributed by atoms with Crippen molar-refractivity contribution in [2.24, 2.45) is 11.8 Å². The van der Waals surface area contributed by atoms with E-state index in [9.17, 15) is 9.59 Å². The molecule has 0 radical (unpaired) electrons. The first kappa shape index (κ1) is 17.0. The standard InChI is InChI=1S/C17H23NO3/c1-11(2)13(4)10-18-17(21)15-6-5-14(12(3)9-15)7-8-16(19)20/h5-9,11,13H,10H2,1-4H3,(H,18,21)(H,19,20)/b8-7+. The van der Waals surface area contributed by atoms with Gasteiger partial charge in [0.25, 0.3) is 5.91 Å². The van der Waals surface area contributed by atoms with Crippen LogP contribution in [0.15, 0.2) is 24.3 Å². The Hall–Kier alpha value is -2.10. The van der Waals surface area contributed by atoms with E-state index in [0.29, 0.717) is 23.9 Å². The molecular weight excluding hydrogens is 266 g/mol. The van der Waals surface area contributed by atoms with Gasteiger partial charge in [0.1, 0.15) is 0 Å². The molecule has 0 bridgehead atoms. The van der Waals surface area contributed by atoms with Gasteiger partial charge in [-0.25, -0.2) is 4.79 Å². The zero-order valence-electron chi connectivity index (χ0n) is 13.0. The van der Waals surface area contributed by atoms with Crippen LogP contribution >= 0.6 is 0 Å². The summed E-state index contributed by atoms with van der Waals surface area (Å²) in [6, 6.07) is 5.25. The molecule has 1 atom stereocenters. The van der Waals surface area contributed by atoms with Crippen molar-refractivity contribution in [2.75, 3.05) is 6.54 Å². The van der Waals surface area contributed by atoms with E-state index in [1.165, 1.54) is 6.08 Å². The molecule has 114 valence electrons. The second-order valence-corrected chi connectivity index (χ2v) is 5.67. The fourth-order valence-electron chi connectivity index (χ4n) is 1.76. The van der Waals surface area contributed by atoms with Gasteiger partial charge in [0.2, 0.25) is 0 Å². The minimum Gasteiger partial charge on any atom is -0.478 e. The molecule has 4 nitrogen and oxygen atoms in total. The van der Waals surface area contributed by atoms with Crippen molar-refractivity contribution in [3.05, 3.63) is 41.0 Å². The monoisotopic (exact) mass is 289 g/mol. The molecule has 0 saturated carbocycles. The predicted octanol–water partition coefficient (Wildman–Crippen LogP) is 3.11. The average molecular weight is 289 g/mol. The minimum absolute atomic E-state index is 0.0978. The average Bonchev–Trinajstić information content (AvgIpc) is 2.42. The third-order valence-corrected chi connectivity index (χ3v) is 3.66. The van der Waals surface area contributed by atoms with Crippen molar-refractivity contribution in [3.63, 3.8) is 0 Å². The van der Waals surface area contributed by atoms with E-state index in [0.717, 1.165) is 17.2 Å². The van der Waals surface area contributed by atoms with Gasteiger partial charge in [-0.3, -0.25) is 4.79 Å². The summed E-state index contributed by atoms with van der Waals surface area (Å²) in [5.41, 5.74) is 2.26. The van der Waals surface area contributed by atoms with E-state index in [1.807, 2.05) is 6.92 Å². The van der Waals surface area contributed by atoms with Crippen LogP contribution in [0.25, 0.3) is 6.08 Å². The van der Waals surface area contributed by atoms with Gasteiger partial charge in [0, 0.05) is 18.2 Å². The molecule has 0 fully saturated rings. The molecule has 21 heavy (non-hydrogen) atoms. The minimum atomic E-state index is -0.987. The first-order valence-electron chi connectivity index (χ1n) is 7.11. The second-order valence-electron chi connectivity index (χ2n) is 5.67. The maximum atomic E-state index is 12.1. The van der Waals surface area contributed by atoms with E-state index < -0.39 is 5.97 Å². The van der Waals surface area contributed by atoms with E-state index in [1.54, 1.807) is 18.2 Å². The molecule has 0 heterocycles. The first-order valence-corrected chi connectivity index (χ1v) is 7.11. The Morgan fingerprint density at radius 1 is 1.29 bits per heavy atom. The number of nitrogens with one attached hydrogen (secondary N) is 1. The molecular formula is C17H23NO3. The van der Waals surface area contributed by atoms with Gasteiger partial charge >= 0.3 is 5.97 Å². The van der Waals surface area contributed by atoms with Gasteiger partial charge < -0.3 is 10.4 Å². The lowest BCUT2D eigenvalue weighted by atomic mass is 9.98. The summed E-state index contributed by atoms with van der Waals surface area (Å²) in [7, 11) is 0. The number of benzene rings is 1. The Bertz CT molecular complexity index is 547. The first-order chi connectivity index (χ1) is 9.81. The number of rotatable bonds is 6. The molecule has 0 saturated heterocycles. The molecule has 1 rings (SSSR count). The highest BCUT2D eigenvalue weighted by Gasteiger charge is 2.11. The maximum Gasteiger partial charge on any atom is 0.328 e. The van der Waals surface area contributed by atoms with E-state index in [2.05, 4.69) is 26.1 Å². The van der Waals surface area contributed by atoms with Gasteiger partial charge in [-0.2, -0.15) is 0 Å². The molecule has 1 amide bonds. The zero-order chi connectivity index (χ0) is 16.0. The van der Waals surface area contributed by atoms with Crippen molar-refractivity contribution in [1.29, 1.82) is 0 Å². The Morgan fingerprint density at radius 2 is 1.95 bits per heavy atom. The Labute approximate surface area is 125 Å². The number of hydrogen-bond donors (Lipinski definition) is 2. The number of amides is 1. The van der Waals surface area contributed by atoms with Crippen LogP contribution in [0.1, 0.15) is 42.3 Å². The van der Waals surface area contributed by atoms with Crippen molar-refractivity contribution in [3.8, 4) is 0 Å². The van der Waals surface area contributed by atoms with Gasteiger partial charge in [-0.1, -0.05) is 26.8 Å². The number of aryl methyl sites for hydroxylation is 1. The summed E-state index contributed by atoms with van der Waals surface area (Å²) in [5, 5.41) is 11.6. The van der Waals surface area contributed by atoms with Crippen LogP contribution in [0.3, 0.4) is 0 Å². The summed E-state index contributed by atoms with van der Waals surface area (Å²) >= 11 is 0. The van der Waals surface area contributed by atoms with Gasteiger partial charge in [0.05, 0.1) is 0 Å². The lowest BCUT2D eigenvalue weighted by molar-refractivity contribution is -0.131. The summed E-state index contributed by atoms with van der Waals surface area (Å²) in [4.78, 5) is 22.6. The smallest absolute Gasteiger partial charge is 0.328 e. The number of carbonyl (C=O) groups is 2. The summed E-state index contributed by atoms with van der Waals surface area (Å²) in [6.45, 7) is 8.87. The SMILES string of the molecule is Cc1cc(C(=O)NCC(C)C(C)C)ccc1/C=C/C(=O)O. The number of hydrogen-bond acceptors (Lipinski definition) is 2. The molecule has 0 aliphatic carbocycles. The van der Waals surface area contributed by atoms with Crippen LogP contribution in [-0.2, 0) is 4.79 Å². The summed E-state index contributed by atoms with van der Waals surface area (Å²) < 4.78 is 0. The second kappa shape index (κ2) is 7.62. The molecule has 2 N–H and O–H groups in total. The third-order valence-electron chi connectivity index (χ3n) is 3.66. The zero-order valence-corrected chi connectivity index (χ0v) is 13.0. The van der Waals surface area contributed by atoms with Crippen molar-refractivity contribution in [1.82, 2.24) is 5.32 Å². The topological polar surface area (TPSA) is 66.4 Å². The van der Waals surface area contributed by atoms with Crippen molar-refractivity contribution in [2.45, 2.75) is 27.7 Å².